The van der Waals surface area contributed by atoms with Crippen molar-refractivity contribution in [1.82, 2.24) is 0 Å². The lowest BCUT2D eigenvalue weighted by atomic mass is 9.46. The highest BCUT2D eigenvalue weighted by Crippen LogP contribution is 2.64. The van der Waals surface area contributed by atoms with E-state index in [1.54, 1.807) is 0 Å². The zero-order valence-corrected chi connectivity index (χ0v) is 20.3. The zero-order chi connectivity index (χ0) is 21.5. The van der Waals surface area contributed by atoms with Crippen LogP contribution in [0.1, 0.15) is 149 Å². The number of carboxylic acids is 1. The minimum absolute atomic E-state index is 0.0651. The summed E-state index contributed by atoms with van der Waals surface area (Å²) >= 11 is 0. The summed E-state index contributed by atoms with van der Waals surface area (Å²) in [7, 11) is 0. The topological polar surface area (TPSA) is 37.3 Å². The van der Waals surface area contributed by atoms with Crippen LogP contribution in [0, 0.1) is 22.2 Å². The van der Waals surface area contributed by atoms with Gasteiger partial charge in [-0.25, -0.2) is 0 Å². The summed E-state index contributed by atoms with van der Waals surface area (Å²) in [6, 6.07) is 0. The number of carbonyl (C=O) groups is 1. The largest absolute Gasteiger partial charge is 0.481 e. The van der Waals surface area contributed by atoms with Gasteiger partial charge in [-0.15, -0.1) is 0 Å². The van der Waals surface area contributed by atoms with Gasteiger partial charge in [0, 0.05) is 0 Å². The third kappa shape index (κ3) is 4.78. The number of aliphatic carboxylic acids is 1. The van der Waals surface area contributed by atoms with Gasteiger partial charge in [-0.1, -0.05) is 84.5 Å². The first-order chi connectivity index (χ1) is 14.5. The van der Waals surface area contributed by atoms with Crippen LogP contribution in [0.2, 0.25) is 0 Å². The highest BCUT2D eigenvalue weighted by atomic mass is 16.4. The number of carboxylic acid groups (broad SMARTS) is 1. The minimum Gasteiger partial charge on any atom is -0.481 e. The first-order valence-electron chi connectivity index (χ1n) is 13.8. The second kappa shape index (κ2) is 10.9. The molecule has 3 saturated carbocycles. The molecule has 3 aliphatic carbocycles. The van der Waals surface area contributed by atoms with E-state index >= 15 is 0 Å². The number of rotatable bonds is 10. The van der Waals surface area contributed by atoms with Gasteiger partial charge in [0.25, 0.3) is 0 Å². The molecule has 0 radical (unpaired) electrons. The Labute approximate surface area is 187 Å². The van der Waals surface area contributed by atoms with E-state index in [2.05, 4.69) is 13.8 Å². The monoisotopic (exact) mass is 418 g/mol. The van der Waals surface area contributed by atoms with Crippen LogP contribution in [0.5, 0.6) is 0 Å². The fraction of sp³-hybridized carbons (Fsp3) is 0.964. The van der Waals surface area contributed by atoms with Crippen LogP contribution in [-0.2, 0) is 4.79 Å². The molecule has 3 rings (SSSR count). The molecule has 0 bridgehead atoms. The van der Waals surface area contributed by atoms with E-state index in [1.807, 2.05) is 0 Å². The van der Waals surface area contributed by atoms with E-state index < -0.39 is 11.4 Å². The Morgan fingerprint density at radius 3 is 1.93 bits per heavy atom. The molecule has 0 aliphatic heterocycles. The summed E-state index contributed by atoms with van der Waals surface area (Å²) in [4.78, 5) is 12.8. The fourth-order valence-electron chi connectivity index (χ4n) is 8.28. The molecule has 2 heteroatoms. The van der Waals surface area contributed by atoms with E-state index in [0.29, 0.717) is 5.41 Å². The van der Waals surface area contributed by atoms with Gasteiger partial charge < -0.3 is 5.11 Å². The van der Waals surface area contributed by atoms with Crippen LogP contribution in [0.25, 0.3) is 0 Å². The first-order valence-corrected chi connectivity index (χ1v) is 13.8. The van der Waals surface area contributed by atoms with Crippen molar-refractivity contribution in [1.29, 1.82) is 0 Å². The highest BCUT2D eigenvalue weighted by Gasteiger charge is 2.58. The van der Waals surface area contributed by atoms with Crippen LogP contribution in [-0.4, -0.2) is 11.1 Å². The predicted molar refractivity (Wildman–Crippen MR) is 127 cm³/mol. The molecule has 174 valence electrons. The Hall–Kier alpha value is -0.530. The third-order valence-electron chi connectivity index (χ3n) is 10.1. The van der Waals surface area contributed by atoms with Crippen LogP contribution >= 0.6 is 0 Å². The van der Waals surface area contributed by atoms with E-state index in [9.17, 15) is 9.90 Å². The minimum atomic E-state index is -0.455. The van der Waals surface area contributed by atoms with Gasteiger partial charge in [0.1, 0.15) is 0 Å². The van der Waals surface area contributed by atoms with Crippen molar-refractivity contribution in [2.75, 3.05) is 0 Å². The van der Waals surface area contributed by atoms with Crippen LogP contribution in [0.4, 0.5) is 0 Å². The van der Waals surface area contributed by atoms with Crippen molar-refractivity contribution in [2.45, 2.75) is 149 Å². The van der Waals surface area contributed by atoms with Gasteiger partial charge in [-0.3, -0.25) is 4.79 Å². The maximum atomic E-state index is 12.8. The Kier molecular flexibility index (Phi) is 8.73. The fourth-order valence-corrected chi connectivity index (χ4v) is 8.28. The highest BCUT2D eigenvalue weighted by molar-refractivity contribution is 5.76. The molecule has 2 nitrogen and oxygen atoms in total. The molecule has 0 heterocycles. The summed E-state index contributed by atoms with van der Waals surface area (Å²) in [5.74, 6) is 0.461. The Bertz CT molecular complexity index is 517. The van der Waals surface area contributed by atoms with Crippen LogP contribution < -0.4 is 0 Å². The van der Waals surface area contributed by atoms with E-state index in [4.69, 9.17) is 0 Å². The molecule has 0 unspecified atom stereocenters. The molecular weight excluding hydrogens is 368 g/mol. The van der Waals surface area contributed by atoms with Gasteiger partial charge in [0.05, 0.1) is 5.41 Å². The number of hydrogen-bond donors (Lipinski definition) is 1. The quantitative estimate of drug-likeness (QED) is 0.359. The lowest BCUT2D eigenvalue weighted by Crippen LogP contribution is -2.53. The summed E-state index contributed by atoms with van der Waals surface area (Å²) < 4.78 is 0. The summed E-state index contributed by atoms with van der Waals surface area (Å²) in [5, 5.41) is 10.5. The molecular formula is C28H50O2. The predicted octanol–water partition coefficient (Wildman–Crippen LogP) is 8.92. The standard InChI is InChI=1S/C28H50O2/c1-3-5-6-11-17-26(24-14-9-7-10-15-24)20-22-27(16-4-2,23-21-26)28(25(29)30)18-12-8-13-19-28/h24H,3-23H2,1-2H3,(H,29,30). The Balaban J connectivity index is 1.81. The second-order valence-electron chi connectivity index (χ2n) is 11.5. The van der Waals surface area contributed by atoms with Gasteiger partial charge >= 0.3 is 5.97 Å². The van der Waals surface area contributed by atoms with Gasteiger partial charge in [0.2, 0.25) is 0 Å². The van der Waals surface area contributed by atoms with Crippen LogP contribution in [0.3, 0.4) is 0 Å². The van der Waals surface area contributed by atoms with Crippen molar-refractivity contribution < 1.29 is 9.90 Å². The van der Waals surface area contributed by atoms with Crippen molar-refractivity contribution in [3.05, 3.63) is 0 Å². The second-order valence-corrected chi connectivity index (χ2v) is 11.5. The van der Waals surface area contributed by atoms with Crippen molar-refractivity contribution in [3.63, 3.8) is 0 Å². The lowest BCUT2D eigenvalue weighted by Gasteiger charge is -2.58. The Morgan fingerprint density at radius 1 is 0.733 bits per heavy atom. The average molecular weight is 419 g/mol. The van der Waals surface area contributed by atoms with Crippen molar-refractivity contribution in [2.24, 2.45) is 22.2 Å². The third-order valence-corrected chi connectivity index (χ3v) is 10.1. The van der Waals surface area contributed by atoms with Gasteiger partial charge in [0.15, 0.2) is 0 Å². The lowest BCUT2D eigenvalue weighted by molar-refractivity contribution is -0.171. The summed E-state index contributed by atoms with van der Waals surface area (Å²) in [5.41, 5.74) is 0.164. The molecule has 3 aliphatic rings. The SMILES string of the molecule is CCCCCCC1(C2CCCCC2)CCC(CCC)(C2(C(=O)O)CCCCC2)CC1. The van der Waals surface area contributed by atoms with E-state index in [-0.39, 0.29) is 5.41 Å². The molecule has 1 N–H and O–H groups in total. The van der Waals surface area contributed by atoms with Gasteiger partial charge in [-0.2, -0.15) is 0 Å². The smallest absolute Gasteiger partial charge is 0.310 e. The van der Waals surface area contributed by atoms with Crippen molar-refractivity contribution >= 4 is 5.97 Å². The molecule has 0 atom stereocenters. The maximum Gasteiger partial charge on any atom is 0.310 e. The van der Waals surface area contributed by atoms with Crippen molar-refractivity contribution in [3.8, 4) is 0 Å². The summed E-state index contributed by atoms with van der Waals surface area (Å²) in [6.45, 7) is 4.60. The summed E-state index contributed by atoms with van der Waals surface area (Å²) in [6.07, 6.45) is 26.8. The normalized spacial score (nSPS) is 32.7. The molecule has 0 spiro atoms. The Morgan fingerprint density at radius 2 is 1.37 bits per heavy atom. The zero-order valence-electron chi connectivity index (χ0n) is 20.3. The molecule has 3 fully saturated rings. The van der Waals surface area contributed by atoms with E-state index in [1.165, 1.54) is 96.3 Å². The molecule has 0 saturated heterocycles. The number of unbranched alkanes of at least 4 members (excludes halogenated alkanes) is 3. The van der Waals surface area contributed by atoms with Gasteiger partial charge in [-0.05, 0) is 81.0 Å². The molecule has 0 aromatic rings. The molecule has 0 aromatic carbocycles. The molecule has 30 heavy (non-hydrogen) atoms. The van der Waals surface area contributed by atoms with E-state index in [0.717, 1.165) is 44.4 Å². The average Bonchev–Trinajstić information content (AvgIpc) is 2.79. The molecule has 0 aromatic heterocycles. The number of hydrogen-bond acceptors (Lipinski definition) is 1. The first kappa shape index (κ1) is 24.1. The molecule has 0 amide bonds. The van der Waals surface area contributed by atoms with Crippen LogP contribution in [0.15, 0.2) is 0 Å². The maximum absolute atomic E-state index is 12.8.